The van der Waals surface area contributed by atoms with Crippen LogP contribution in [0.3, 0.4) is 0 Å². The molecule has 0 bridgehead atoms. The second kappa shape index (κ2) is 17.8. The third kappa shape index (κ3) is 8.12. The number of nitro benzene ring substituents is 2. The van der Waals surface area contributed by atoms with Gasteiger partial charge < -0.3 is 28.3 Å². The number of non-ortho nitro benzene ring substituents is 1. The average molecular weight is 866 g/mol. The number of rotatable bonds is 12. The van der Waals surface area contributed by atoms with Gasteiger partial charge in [-0.25, -0.2) is 9.37 Å². The Morgan fingerprint density at radius 3 is 2.08 bits per heavy atom. The summed E-state index contributed by atoms with van der Waals surface area (Å²) in [5, 5.41) is 25.0. The summed E-state index contributed by atoms with van der Waals surface area (Å²) in [6.45, 7) is 12.6. The molecule has 3 aliphatic rings. The van der Waals surface area contributed by atoms with Gasteiger partial charge in [-0.3, -0.25) is 29.8 Å². The highest BCUT2D eigenvalue weighted by Crippen LogP contribution is 2.42. The monoisotopic (exact) mass is 865 g/mol. The van der Waals surface area contributed by atoms with E-state index in [1.807, 2.05) is 24.3 Å². The van der Waals surface area contributed by atoms with Crippen molar-refractivity contribution in [3.05, 3.63) is 150 Å². The first-order chi connectivity index (χ1) is 30.9. The highest BCUT2D eigenvalue weighted by Gasteiger charge is 2.30. The molecule has 2 amide bonds. The van der Waals surface area contributed by atoms with Crippen LogP contribution in [0.4, 0.5) is 17.1 Å². The van der Waals surface area contributed by atoms with E-state index in [-0.39, 0.29) is 54.7 Å². The Bertz CT molecular complexity index is 3080. The maximum Gasteiger partial charge on any atom is 0.349 e. The molecule has 5 aromatic rings. The summed E-state index contributed by atoms with van der Waals surface area (Å²) in [7, 11) is 0. The minimum Gasteiger partial charge on any atom is -0.456 e. The molecule has 64 heavy (non-hydrogen) atoms. The minimum absolute atomic E-state index is 0.0546. The van der Waals surface area contributed by atoms with Gasteiger partial charge in [0.1, 0.15) is 41.3 Å². The molecule has 1 aromatic heterocycles. The van der Waals surface area contributed by atoms with Crippen molar-refractivity contribution >= 4 is 50.8 Å². The lowest BCUT2D eigenvalue weighted by atomic mass is 9.90. The van der Waals surface area contributed by atoms with Crippen molar-refractivity contribution < 1.29 is 33.0 Å². The van der Waals surface area contributed by atoms with Crippen LogP contribution in [0.1, 0.15) is 48.4 Å². The van der Waals surface area contributed by atoms with Gasteiger partial charge in [-0.05, 0) is 81.8 Å². The normalized spacial score (nSPS) is 12.8. The fourth-order valence-electron chi connectivity index (χ4n) is 8.35. The summed E-state index contributed by atoms with van der Waals surface area (Å²) in [5.74, 6) is -0.224. The summed E-state index contributed by atoms with van der Waals surface area (Å²) in [6, 6.07) is 28.7. The van der Waals surface area contributed by atoms with Crippen molar-refractivity contribution in [2.24, 2.45) is 0 Å². The first-order valence-electron chi connectivity index (χ1n) is 21.1. The first kappa shape index (κ1) is 42.8. The molecule has 0 spiro atoms. The lowest BCUT2D eigenvalue weighted by Gasteiger charge is -2.35. The fourth-order valence-corrected chi connectivity index (χ4v) is 8.35. The summed E-state index contributed by atoms with van der Waals surface area (Å²) < 4.78 is 20.1. The topological polar surface area (TPSA) is 186 Å². The smallest absolute Gasteiger partial charge is 0.349 e. The zero-order chi connectivity index (χ0) is 45.2. The molecule has 0 N–H and O–H groups in total. The Hall–Kier alpha value is -7.88. The number of fused-ring (bicyclic) bond motifs is 3. The molecular formula is C48H45N6O10+. The van der Waals surface area contributed by atoms with Gasteiger partial charge in [0.2, 0.25) is 11.1 Å². The van der Waals surface area contributed by atoms with Crippen LogP contribution in [0.2, 0.25) is 0 Å². The summed E-state index contributed by atoms with van der Waals surface area (Å²) in [6.07, 6.45) is 0. The average Bonchev–Trinajstić information content (AvgIpc) is 3.30. The maximum atomic E-state index is 14.5. The number of benzene rings is 5. The first-order valence-corrected chi connectivity index (χ1v) is 21.1. The molecule has 3 heterocycles. The number of hydrogen-bond donors (Lipinski definition) is 0. The third-order valence-corrected chi connectivity index (χ3v) is 11.7. The van der Waals surface area contributed by atoms with Crippen molar-refractivity contribution in [3.63, 3.8) is 0 Å². The van der Waals surface area contributed by atoms with Crippen molar-refractivity contribution in [2.45, 2.75) is 27.7 Å². The molecule has 326 valence electrons. The zero-order valence-corrected chi connectivity index (χ0v) is 35.7. The molecule has 0 atom stereocenters. The summed E-state index contributed by atoms with van der Waals surface area (Å²) >= 11 is 0. The van der Waals surface area contributed by atoms with Gasteiger partial charge in [0, 0.05) is 96.7 Å². The molecule has 1 saturated heterocycles. The van der Waals surface area contributed by atoms with Gasteiger partial charge >= 0.3 is 11.3 Å². The molecule has 0 radical (unpaired) electrons. The van der Waals surface area contributed by atoms with Gasteiger partial charge in [-0.15, -0.1) is 0 Å². The number of anilines is 1. The van der Waals surface area contributed by atoms with Crippen molar-refractivity contribution in [2.75, 3.05) is 57.3 Å². The highest BCUT2D eigenvalue weighted by atomic mass is 16.6. The Morgan fingerprint density at radius 2 is 1.41 bits per heavy atom. The van der Waals surface area contributed by atoms with Gasteiger partial charge in [-0.1, -0.05) is 18.2 Å². The Kier molecular flexibility index (Phi) is 11.9. The number of nitro groups is 2. The molecule has 8 rings (SSSR count). The van der Waals surface area contributed by atoms with Crippen LogP contribution in [0, 0.1) is 20.2 Å². The molecule has 0 saturated carbocycles. The second-order valence-electron chi connectivity index (χ2n) is 15.2. The second-order valence-corrected chi connectivity index (χ2v) is 15.2. The number of ether oxygens (including phenoxy) is 1. The summed E-state index contributed by atoms with van der Waals surface area (Å²) in [4.78, 5) is 68.3. The molecule has 16 heteroatoms. The Morgan fingerprint density at radius 1 is 0.703 bits per heavy atom. The number of carbonyl (C=O) groups excluding carboxylic acids is 2. The van der Waals surface area contributed by atoms with Crippen LogP contribution < -0.4 is 25.2 Å². The standard InChI is InChI=1S/C48H45N6O10/c1-5-49(6-2)31-14-18-37-43(27-31)63-44-28-32(50(7-3)8-4)15-19-38(44)45(37)35-11-9-10-12-36(35)46(55)51-21-23-52(24-22-51)47(56)39-25-30-13-17-34(29-42(30)64-48(39)57)62-41-20-16-33(53(58)59)26-40(41)54(60)61/h9-20,25-29H,5-8,21-24H2,1-4H3/q+1. The molecule has 4 aromatic carbocycles. The molecule has 1 aliphatic carbocycles. The van der Waals surface area contributed by atoms with E-state index in [1.54, 1.807) is 4.90 Å². The van der Waals surface area contributed by atoms with Crippen molar-refractivity contribution in [3.8, 4) is 33.9 Å². The number of amides is 2. The SMILES string of the molecule is CCN(CC)c1ccc2c(-c3ccccc3C(=O)N3CCN(C(=O)c4cc5ccc(Oc6ccc([N+](=O)[O-])cc6[N+](=O)[O-])cc5oc4=O)CC3)c3ccc(=[N+](CC)CC)cc-3oc2c1. The van der Waals surface area contributed by atoms with Crippen LogP contribution in [0.25, 0.3) is 44.4 Å². The Labute approximate surface area is 366 Å². The van der Waals surface area contributed by atoms with Crippen LogP contribution in [-0.2, 0) is 0 Å². The summed E-state index contributed by atoms with van der Waals surface area (Å²) in [5.41, 5.74) is 2.65. The lowest BCUT2D eigenvalue weighted by Crippen LogP contribution is -2.51. The number of piperazine rings is 1. The predicted octanol–water partition coefficient (Wildman–Crippen LogP) is 8.18. The van der Waals surface area contributed by atoms with E-state index in [4.69, 9.17) is 13.6 Å². The largest absolute Gasteiger partial charge is 0.456 e. The molecule has 0 unspecified atom stereocenters. The van der Waals surface area contributed by atoms with E-state index in [0.717, 1.165) is 77.5 Å². The van der Waals surface area contributed by atoms with E-state index in [2.05, 4.69) is 73.6 Å². The van der Waals surface area contributed by atoms with Crippen LogP contribution in [0.15, 0.2) is 117 Å². The van der Waals surface area contributed by atoms with Gasteiger partial charge in [0.25, 0.3) is 17.5 Å². The zero-order valence-electron chi connectivity index (χ0n) is 35.7. The lowest BCUT2D eigenvalue weighted by molar-refractivity contribution is -0.394. The van der Waals surface area contributed by atoms with E-state index in [0.29, 0.717) is 22.3 Å². The van der Waals surface area contributed by atoms with Crippen LogP contribution >= 0.6 is 0 Å². The van der Waals surface area contributed by atoms with E-state index >= 15 is 0 Å². The maximum absolute atomic E-state index is 14.5. The number of nitrogens with zero attached hydrogens (tertiary/aromatic N) is 6. The van der Waals surface area contributed by atoms with E-state index in [9.17, 15) is 34.6 Å². The van der Waals surface area contributed by atoms with Gasteiger partial charge in [0.05, 0.1) is 22.0 Å². The predicted molar refractivity (Wildman–Crippen MR) is 242 cm³/mol. The minimum atomic E-state index is -0.897. The van der Waals surface area contributed by atoms with Crippen LogP contribution in [-0.4, -0.2) is 83.8 Å². The van der Waals surface area contributed by atoms with Crippen LogP contribution in [0.5, 0.6) is 11.5 Å². The molecule has 1 fully saturated rings. The highest BCUT2D eigenvalue weighted by molar-refractivity contribution is 6.09. The number of carbonyl (C=O) groups is 2. The molecule has 2 aliphatic heterocycles. The third-order valence-electron chi connectivity index (χ3n) is 11.7. The van der Waals surface area contributed by atoms with E-state index < -0.39 is 32.8 Å². The van der Waals surface area contributed by atoms with Gasteiger partial charge in [0.15, 0.2) is 0 Å². The Balaban J connectivity index is 1.05. The van der Waals surface area contributed by atoms with Gasteiger partial charge in [-0.2, -0.15) is 0 Å². The van der Waals surface area contributed by atoms with Crippen molar-refractivity contribution in [1.29, 1.82) is 0 Å². The van der Waals surface area contributed by atoms with Crippen molar-refractivity contribution in [1.82, 2.24) is 14.4 Å². The quantitative estimate of drug-likeness (QED) is 0.0379. The molecule has 16 nitrogen and oxygen atoms in total. The van der Waals surface area contributed by atoms with E-state index in [1.165, 1.54) is 29.2 Å². The fraction of sp³-hybridized carbons (Fsp3) is 0.250. The number of hydrogen-bond acceptors (Lipinski definition) is 11. The molecular weight excluding hydrogens is 821 g/mol.